The molecule has 29 heavy (non-hydrogen) atoms. The van der Waals surface area contributed by atoms with Crippen LogP contribution in [0, 0.1) is 5.92 Å². The number of oxazole rings is 1. The van der Waals surface area contributed by atoms with Gasteiger partial charge in [0.15, 0.2) is 0 Å². The van der Waals surface area contributed by atoms with Crippen molar-refractivity contribution in [1.82, 2.24) is 4.98 Å². The smallest absolute Gasteiger partial charge is 0.305 e. The zero-order chi connectivity index (χ0) is 20.1. The number of aromatic nitrogens is 1. The van der Waals surface area contributed by atoms with Crippen LogP contribution >= 0.6 is 0 Å². The molecule has 2 aromatic carbocycles. The fraction of sp³-hybridized carbons (Fsp3) is 0.304. The number of hydrogen-bond acceptors (Lipinski definition) is 6. The Kier molecular flexibility index (Phi) is 5.79. The molecule has 0 atom stereocenters. The number of carbonyl (C=O) groups is 1. The van der Waals surface area contributed by atoms with Crippen molar-refractivity contribution in [2.75, 3.05) is 13.7 Å². The molecule has 0 unspecified atom stereocenters. The first-order chi connectivity index (χ1) is 14.2. The Bertz CT molecular complexity index is 959. The van der Waals surface area contributed by atoms with Gasteiger partial charge in [0, 0.05) is 18.1 Å². The van der Waals surface area contributed by atoms with Gasteiger partial charge in [0.2, 0.25) is 5.89 Å². The molecule has 6 nitrogen and oxygen atoms in total. The molecule has 1 heterocycles. The van der Waals surface area contributed by atoms with Gasteiger partial charge in [0.05, 0.1) is 26.3 Å². The van der Waals surface area contributed by atoms with E-state index < -0.39 is 0 Å². The van der Waals surface area contributed by atoms with Crippen molar-refractivity contribution in [3.05, 3.63) is 60.5 Å². The van der Waals surface area contributed by atoms with E-state index in [1.54, 1.807) is 6.20 Å². The fourth-order valence-electron chi connectivity index (χ4n) is 2.81. The molecular weight excluding hydrogens is 370 g/mol. The standard InChI is InChI=1S/C23H23NO5/c1-26-22(25)12-11-21-14-24-23(29-21)17-7-9-18(10-8-17)28-20-4-2-3-19(13-20)27-15-16-5-6-16/h2-4,7-10,13-14,16H,5-6,11-12,15H2,1H3. The van der Waals surface area contributed by atoms with Gasteiger partial charge in [-0.1, -0.05) is 6.07 Å². The third kappa shape index (κ3) is 5.38. The van der Waals surface area contributed by atoms with Crippen LogP contribution in [0.15, 0.2) is 59.1 Å². The Labute approximate surface area is 169 Å². The van der Waals surface area contributed by atoms with Gasteiger partial charge >= 0.3 is 5.97 Å². The van der Waals surface area contributed by atoms with Crippen LogP contribution in [-0.4, -0.2) is 24.7 Å². The van der Waals surface area contributed by atoms with E-state index in [1.165, 1.54) is 20.0 Å². The maximum atomic E-state index is 11.2. The summed E-state index contributed by atoms with van der Waals surface area (Å²) in [7, 11) is 1.37. The molecule has 0 spiro atoms. The molecule has 0 N–H and O–H groups in total. The van der Waals surface area contributed by atoms with Crippen LogP contribution in [0.5, 0.6) is 17.2 Å². The first-order valence-electron chi connectivity index (χ1n) is 9.72. The van der Waals surface area contributed by atoms with Crippen LogP contribution in [0.1, 0.15) is 25.0 Å². The second-order valence-electron chi connectivity index (χ2n) is 7.06. The summed E-state index contributed by atoms with van der Waals surface area (Å²) in [6, 6.07) is 15.2. The fourth-order valence-corrected chi connectivity index (χ4v) is 2.81. The quantitative estimate of drug-likeness (QED) is 0.475. The Hall–Kier alpha value is -3.28. The molecule has 6 heteroatoms. The summed E-state index contributed by atoms with van der Waals surface area (Å²) in [6.45, 7) is 0.774. The average Bonchev–Trinajstić information content (AvgIpc) is 3.47. The van der Waals surface area contributed by atoms with Crippen molar-refractivity contribution in [1.29, 1.82) is 0 Å². The number of rotatable bonds is 9. The van der Waals surface area contributed by atoms with E-state index in [9.17, 15) is 4.79 Å². The molecule has 4 rings (SSSR count). The lowest BCUT2D eigenvalue weighted by atomic mass is 10.2. The third-order valence-corrected chi connectivity index (χ3v) is 4.68. The minimum Gasteiger partial charge on any atom is -0.493 e. The van der Waals surface area contributed by atoms with E-state index in [1.807, 2.05) is 48.5 Å². The second-order valence-corrected chi connectivity index (χ2v) is 7.06. The molecule has 1 saturated carbocycles. The predicted octanol–water partition coefficient (Wildman–Crippen LogP) is 5.03. The lowest BCUT2D eigenvalue weighted by Crippen LogP contribution is -2.01. The number of ether oxygens (including phenoxy) is 3. The van der Waals surface area contributed by atoms with E-state index in [0.29, 0.717) is 29.7 Å². The van der Waals surface area contributed by atoms with Crippen LogP contribution in [0.2, 0.25) is 0 Å². The van der Waals surface area contributed by atoms with Gasteiger partial charge in [-0.25, -0.2) is 4.98 Å². The Balaban J connectivity index is 1.36. The van der Waals surface area contributed by atoms with Crippen LogP contribution in [0.25, 0.3) is 11.5 Å². The number of nitrogens with zero attached hydrogens (tertiary/aromatic N) is 1. The highest BCUT2D eigenvalue weighted by atomic mass is 16.5. The SMILES string of the molecule is COC(=O)CCc1cnc(-c2ccc(Oc3cccc(OCC4CC4)c3)cc2)o1. The summed E-state index contributed by atoms with van der Waals surface area (Å²) in [6.07, 6.45) is 4.89. The largest absolute Gasteiger partial charge is 0.493 e. The molecule has 0 aliphatic heterocycles. The van der Waals surface area contributed by atoms with Crippen LogP contribution in [0.4, 0.5) is 0 Å². The van der Waals surface area contributed by atoms with Gasteiger partial charge < -0.3 is 18.6 Å². The van der Waals surface area contributed by atoms with Gasteiger partial charge in [0.1, 0.15) is 23.0 Å². The van der Waals surface area contributed by atoms with Gasteiger partial charge in [-0.05, 0) is 55.2 Å². The van der Waals surface area contributed by atoms with Crippen molar-refractivity contribution in [3.63, 3.8) is 0 Å². The van der Waals surface area contributed by atoms with E-state index in [2.05, 4.69) is 9.72 Å². The summed E-state index contributed by atoms with van der Waals surface area (Å²) >= 11 is 0. The molecule has 150 valence electrons. The highest BCUT2D eigenvalue weighted by molar-refractivity contribution is 5.69. The van der Waals surface area contributed by atoms with Crippen LogP contribution < -0.4 is 9.47 Å². The van der Waals surface area contributed by atoms with Crippen molar-refractivity contribution in [3.8, 4) is 28.7 Å². The van der Waals surface area contributed by atoms with Crippen molar-refractivity contribution >= 4 is 5.97 Å². The first kappa shape index (κ1) is 19.1. The summed E-state index contributed by atoms with van der Waals surface area (Å²) < 4.78 is 22.1. The normalized spacial score (nSPS) is 13.1. The highest BCUT2D eigenvalue weighted by Crippen LogP contribution is 2.31. The predicted molar refractivity (Wildman–Crippen MR) is 107 cm³/mol. The first-order valence-corrected chi connectivity index (χ1v) is 9.72. The van der Waals surface area contributed by atoms with Crippen molar-refractivity contribution in [2.24, 2.45) is 5.92 Å². The van der Waals surface area contributed by atoms with Gasteiger partial charge in [-0.2, -0.15) is 0 Å². The second kappa shape index (κ2) is 8.82. The number of esters is 1. The molecule has 1 aliphatic carbocycles. The molecule has 0 saturated heterocycles. The van der Waals surface area contributed by atoms with Crippen molar-refractivity contribution in [2.45, 2.75) is 25.7 Å². The molecule has 1 aliphatic rings. The summed E-state index contributed by atoms with van der Waals surface area (Å²) in [4.78, 5) is 15.5. The molecule has 1 aromatic heterocycles. The monoisotopic (exact) mass is 393 g/mol. The van der Waals surface area contributed by atoms with Crippen LogP contribution in [-0.2, 0) is 16.0 Å². The number of aryl methyl sites for hydroxylation is 1. The topological polar surface area (TPSA) is 70.8 Å². The summed E-state index contributed by atoms with van der Waals surface area (Å²) in [5.41, 5.74) is 0.836. The number of methoxy groups -OCH3 is 1. The number of carbonyl (C=O) groups excluding carboxylic acids is 1. The minimum absolute atomic E-state index is 0.265. The molecular formula is C23H23NO5. The lowest BCUT2D eigenvalue weighted by molar-refractivity contribution is -0.140. The maximum Gasteiger partial charge on any atom is 0.305 e. The lowest BCUT2D eigenvalue weighted by Gasteiger charge is -2.09. The number of benzene rings is 2. The molecule has 0 bridgehead atoms. The molecule has 3 aromatic rings. The minimum atomic E-state index is -0.272. The maximum absolute atomic E-state index is 11.2. The Morgan fingerprint density at radius 1 is 1.10 bits per heavy atom. The van der Waals surface area contributed by atoms with Gasteiger partial charge in [-0.3, -0.25) is 4.79 Å². The summed E-state index contributed by atoms with van der Waals surface area (Å²) in [5.74, 6) is 3.86. The Morgan fingerprint density at radius 2 is 1.90 bits per heavy atom. The highest BCUT2D eigenvalue weighted by Gasteiger charge is 2.21. The van der Waals surface area contributed by atoms with E-state index in [0.717, 1.165) is 23.7 Å². The molecule has 0 amide bonds. The van der Waals surface area contributed by atoms with Crippen LogP contribution in [0.3, 0.4) is 0 Å². The Morgan fingerprint density at radius 3 is 2.66 bits per heavy atom. The zero-order valence-electron chi connectivity index (χ0n) is 16.3. The molecule has 1 fully saturated rings. The van der Waals surface area contributed by atoms with Gasteiger partial charge in [-0.15, -0.1) is 0 Å². The number of hydrogen-bond donors (Lipinski definition) is 0. The summed E-state index contributed by atoms with van der Waals surface area (Å²) in [5, 5.41) is 0. The molecule has 0 radical (unpaired) electrons. The van der Waals surface area contributed by atoms with E-state index >= 15 is 0 Å². The third-order valence-electron chi connectivity index (χ3n) is 4.68. The van der Waals surface area contributed by atoms with E-state index in [-0.39, 0.29) is 12.4 Å². The average molecular weight is 393 g/mol. The van der Waals surface area contributed by atoms with Crippen molar-refractivity contribution < 1.29 is 23.4 Å². The van der Waals surface area contributed by atoms with Gasteiger partial charge in [0.25, 0.3) is 0 Å². The zero-order valence-corrected chi connectivity index (χ0v) is 16.3. The van der Waals surface area contributed by atoms with E-state index in [4.69, 9.17) is 13.9 Å².